The summed E-state index contributed by atoms with van der Waals surface area (Å²) in [5.41, 5.74) is 1.06. The van der Waals surface area contributed by atoms with E-state index < -0.39 is 5.41 Å². The molecule has 27 heavy (non-hydrogen) atoms. The van der Waals surface area contributed by atoms with Gasteiger partial charge < -0.3 is 19.5 Å². The highest BCUT2D eigenvalue weighted by Gasteiger charge is 2.45. The summed E-state index contributed by atoms with van der Waals surface area (Å²) in [6.07, 6.45) is 2.49. The second kappa shape index (κ2) is 7.86. The second-order valence-electron chi connectivity index (χ2n) is 6.64. The zero-order valence-electron chi connectivity index (χ0n) is 15.8. The van der Waals surface area contributed by atoms with Gasteiger partial charge in [0.1, 0.15) is 11.6 Å². The molecule has 0 bridgehead atoms. The first-order valence-corrected chi connectivity index (χ1v) is 8.87. The van der Waals surface area contributed by atoms with E-state index >= 15 is 0 Å². The highest BCUT2D eigenvalue weighted by Crippen LogP contribution is 2.44. The van der Waals surface area contributed by atoms with E-state index in [0.29, 0.717) is 23.8 Å². The van der Waals surface area contributed by atoms with E-state index in [0.717, 1.165) is 30.4 Å². The molecule has 1 amide bonds. The van der Waals surface area contributed by atoms with E-state index in [-0.39, 0.29) is 11.7 Å². The average molecular weight is 373 g/mol. The number of methoxy groups -OCH3 is 3. The highest BCUT2D eigenvalue weighted by atomic mass is 19.1. The van der Waals surface area contributed by atoms with Gasteiger partial charge in [0.2, 0.25) is 5.91 Å². The molecule has 1 fully saturated rings. The van der Waals surface area contributed by atoms with Gasteiger partial charge >= 0.3 is 0 Å². The van der Waals surface area contributed by atoms with Crippen LogP contribution in [0.25, 0.3) is 0 Å². The molecule has 1 aliphatic carbocycles. The van der Waals surface area contributed by atoms with E-state index in [1.807, 2.05) is 0 Å². The van der Waals surface area contributed by atoms with E-state index in [4.69, 9.17) is 14.2 Å². The lowest BCUT2D eigenvalue weighted by atomic mass is 9.64. The fraction of sp³-hybridized carbons (Fsp3) is 0.381. The Balaban J connectivity index is 1.79. The predicted molar refractivity (Wildman–Crippen MR) is 99.9 cm³/mol. The Morgan fingerprint density at radius 2 is 1.59 bits per heavy atom. The Bertz CT molecular complexity index is 816. The number of rotatable bonds is 7. The van der Waals surface area contributed by atoms with E-state index in [9.17, 15) is 9.18 Å². The predicted octanol–water partition coefficient (Wildman–Crippen LogP) is 3.59. The number of hydrogen-bond acceptors (Lipinski definition) is 4. The van der Waals surface area contributed by atoms with Gasteiger partial charge in [0.05, 0.1) is 26.7 Å². The molecule has 6 heteroatoms. The molecule has 2 aromatic carbocycles. The Morgan fingerprint density at radius 3 is 2.11 bits per heavy atom. The van der Waals surface area contributed by atoms with E-state index in [1.54, 1.807) is 45.6 Å². The van der Waals surface area contributed by atoms with Crippen LogP contribution in [0.4, 0.5) is 4.39 Å². The first-order chi connectivity index (χ1) is 13.0. The molecule has 0 saturated heterocycles. The van der Waals surface area contributed by atoms with Crippen molar-refractivity contribution in [2.24, 2.45) is 0 Å². The van der Waals surface area contributed by atoms with E-state index in [1.165, 1.54) is 12.1 Å². The molecule has 5 nitrogen and oxygen atoms in total. The average Bonchev–Trinajstić information content (AvgIpc) is 2.66. The van der Waals surface area contributed by atoms with Crippen LogP contribution in [0.1, 0.15) is 30.4 Å². The number of amides is 1. The number of hydrogen-bond donors (Lipinski definition) is 1. The Morgan fingerprint density at radius 1 is 1.00 bits per heavy atom. The minimum Gasteiger partial charge on any atom is -0.496 e. The van der Waals surface area contributed by atoms with Gasteiger partial charge in [-0.05, 0) is 36.6 Å². The Hall–Kier alpha value is -2.76. The summed E-state index contributed by atoms with van der Waals surface area (Å²) >= 11 is 0. The molecule has 0 radical (unpaired) electrons. The van der Waals surface area contributed by atoms with Gasteiger partial charge in [0.25, 0.3) is 0 Å². The van der Waals surface area contributed by atoms with Crippen LogP contribution in [-0.2, 0) is 16.8 Å². The molecule has 0 aliphatic heterocycles. The third-order valence-electron chi connectivity index (χ3n) is 5.26. The molecule has 0 unspecified atom stereocenters. The van der Waals surface area contributed by atoms with Crippen LogP contribution < -0.4 is 19.5 Å². The van der Waals surface area contributed by atoms with Crippen molar-refractivity contribution in [2.45, 2.75) is 31.2 Å². The molecule has 0 heterocycles. The third-order valence-corrected chi connectivity index (χ3v) is 5.26. The van der Waals surface area contributed by atoms with Crippen LogP contribution in [0.3, 0.4) is 0 Å². The number of carbonyl (C=O) groups is 1. The largest absolute Gasteiger partial charge is 0.496 e. The number of nitrogens with one attached hydrogen (secondary N) is 1. The van der Waals surface area contributed by atoms with Gasteiger partial charge in [-0.3, -0.25) is 4.79 Å². The van der Waals surface area contributed by atoms with Crippen LogP contribution in [0.2, 0.25) is 0 Å². The van der Waals surface area contributed by atoms with Crippen LogP contribution >= 0.6 is 0 Å². The third kappa shape index (κ3) is 3.56. The molecular weight excluding hydrogens is 349 g/mol. The maximum Gasteiger partial charge on any atom is 0.230 e. The van der Waals surface area contributed by atoms with Crippen molar-refractivity contribution in [3.63, 3.8) is 0 Å². The van der Waals surface area contributed by atoms with Gasteiger partial charge in [-0.1, -0.05) is 18.6 Å². The van der Waals surface area contributed by atoms with Gasteiger partial charge in [0.15, 0.2) is 11.5 Å². The lowest BCUT2D eigenvalue weighted by Gasteiger charge is -2.40. The highest BCUT2D eigenvalue weighted by molar-refractivity contribution is 5.89. The monoisotopic (exact) mass is 373 g/mol. The number of ether oxygens (including phenoxy) is 3. The van der Waals surface area contributed by atoms with Gasteiger partial charge in [-0.25, -0.2) is 4.39 Å². The maximum absolute atomic E-state index is 13.2. The van der Waals surface area contributed by atoms with Crippen molar-refractivity contribution >= 4 is 5.91 Å². The molecule has 0 atom stereocenters. The summed E-state index contributed by atoms with van der Waals surface area (Å²) in [5, 5.41) is 3.01. The summed E-state index contributed by atoms with van der Waals surface area (Å²) in [6.45, 7) is 0.297. The molecule has 3 rings (SSSR count). The molecule has 1 aliphatic rings. The minimum atomic E-state index is -0.586. The fourth-order valence-electron chi connectivity index (χ4n) is 3.52. The maximum atomic E-state index is 13.2. The van der Waals surface area contributed by atoms with Gasteiger partial charge in [0, 0.05) is 18.2 Å². The molecule has 0 spiro atoms. The molecular formula is C21H24FNO4. The van der Waals surface area contributed by atoms with Crippen LogP contribution in [0, 0.1) is 5.82 Å². The zero-order chi connectivity index (χ0) is 19.4. The first kappa shape index (κ1) is 19.0. The molecule has 144 valence electrons. The van der Waals surface area contributed by atoms with Gasteiger partial charge in [-0.2, -0.15) is 0 Å². The number of halogens is 1. The standard InChI is InChI=1S/C21H24FNO4/c1-25-17-12-19(27-3)18(26-2)11-14(17)13-23-20(24)21(9-4-10-21)15-5-7-16(22)8-6-15/h5-8,11-12H,4,9-10,13H2,1-3H3,(H,23,24). The fourth-order valence-corrected chi connectivity index (χ4v) is 3.52. The SMILES string of the molecule is COc1cc(OC)c(OC)cc1CNC(=O)C1(c2ccc(F)cc2)CCC1. The lowest BCUT2D eigenvalue weighted by Crippen LogP contribution is -2.49. The summed E-state index contributed by atoms with van der Waals surface area (Å²) < 4.78 is 29.3. The van der Waals surface area contributed by atoms with E-state index in [2.05, 4.69) is 5.32 Å². The van der Waals surface area contributed by atoms with Crippen molar-refractivity contribution in [1.82, 2.24) is 5.32 Å². The topological polar surface area (TPSA) is 56.8 Å². The molecule has 0 aromatic heterocycles. The number of carbonyl (C=O) groups excluding carboxylic acids is 1. The molecule has 1 saturated carbocycles. The normalized spacial score (nSPS) is 14.8. The number of benzene rings is 2. The van der Waals surface area contributed by atoms with Crippen molar-refractivity contribution in [1.29, 1.82) is 0 Å². The molecule has 1 N–H and O–H groups in total. The minimum absolute atomic E-state index is 0.0582. The van der Waals surface area contributed by atoms with Crippen molar-refractivity contribution in [3.05, 3.63) is 53.3 Å². The van der Waals surface area contributed by atoms with Crippen molar-refractivity contribution in [3.8, 4) is 17.2 Å². The molecule has 2 aromatic rings. The van der Waals surface area contributed by atoms with Gasteiger partial charge in [-0.15, -0.1) is 0 Å². The first-order valence-electron chi connectivity index (χ1n) is 8.87. The summed E-state index contributed by atoms with van der Waals surface area (Å²) in [6, 6.07) is 9.74. The summed E-state index contributed by atoms with van der Waals surface area (Å²) in [7, 11) is 4.69. The van der Waals surface area contributed by atoms with Crippen LogP contribution in [-0.4, -0.2) is 27.2 Å². The summed E-state index contributed by atoms with van der Waals surface area (Å²) in [5.74, 6) is 1.38. The van der Waals surface area contributed by atoms with Crippen molar-refractivity contribution < 1.29 is 23.4 Å². The Labute approximate surface area is 158 Å². The van der Waals surface area contributed by atoms with Crippen LogP contribution in [0.5, 0.6) is 17.2 Å². The Kier molecular flexibility index (Phi) is 5.54. The summed E-state index contributed by atoms with van der Waals surface area (Å²) in [4.78, 5) is 13.0. The quantitative estimate of drug-likeness (QED) is 0.806. The van der Waals surface area contributed by atoms with Crippen LogP contribution in [0.15, 0.2) is 36.4 Å². The smallest absolute Gasteiger partial charge is 0.230 e. The lowest BCUT2D eigenvalue weighted by molar-refractivity contribution is -0.130. The zero-order valence-corrected chi connectivity index (χ0v) is 15.8. The van der Waals surface area contributed by atoms with Crippen molar-refractivity contribution in [2.75, 3.05) is 21.3 Å². The second-order valence-corrected chi connectivity index (χ2v) is 6.64.